The molecular weight excluding hydrogens is 774 g/mol. The first-order valence-corrected chi connectivity index (χ1v) is 19.0. The monoisotopic (exact) mass is 823 g/mol. The molecule has 0 atom stereocenters. The standard InChI is InChI=1S/C22H24F2N2O3.C12H16F2N2.C9H9NO4/c23-20-6-1-16(12-21(20)24)13-26-9-7-15(8-10-26)11-18(27)14-29-19-4-2-17(3-5-19)22(25)28;13-11-2-1-9(7-12(11)14)8-16-5-3-10(15)4-6-16;10-9(13)6-1-3-7(4-2-6)14-5-8(11)12/h1-6,12,15H,7-11,13-14H2,(H2,25,28);1-2,7,10H,3-6,8,15H2;1-4H,5H2,(H2,10,13)(H,11,12). The fraction of sp³-hybridized carbons (Fsp3) is 0.349. The molecular formula is C43H49F4N5O7. The molecule has 2 amide bonds. The maximum atomic E-state index is 13.3. The Morgan fingerprint density at radius 1 is 0.593 bits per heavy atom. The van der Waals surface area contributed by atoms with Crippen LogP contribution in [0.5, 0.6) is 11.5 Å². The predicted molar refractivity (Wildman–Crippen MR) is 211 cm³/mol. The number of ketones is 1. The lowest BCUT2D eigenvalue weighted by atomic mass is 9.91. The highest BCUT2D eigenvalue weighted by Crippen LogP contribution is 2.23. The zero-order valence-electron chi connectivity index (χ0n) is 32.5. The molecule has 0 unspecified atom stereocenters. The topological polar surface area (TPSA) is 192 Å². The summed E-state index contributed by atoms with van der Waals surface area (Å²) >= 11 is 0. The van der Waals surface area contributed by atoms with Crippen LogP contribution in [0.4, 0.5) is 17.6 Å². The van der Waals surface area contributed by atoms with Crippen LogP contribution >= 0.6 is 0 Å². The van der Waals surface area contributed by atoms with Crippen LogP contribution in [0.1, 0.15) is 63.9 Å². The number of aliphatic carboxylic acids is 1. The van der Waals surface area contributed by atoms with Crippen molar-refractivity contribution in [3.05, 3.63) is 130 Å². The van der Waals surface area contributed by atoms with Gasteiger partial charge in [0.25, 0.3) is 0 Å². The molecule has 4 aromatic rings. The number of primary amides is 2. The van der Waals surface area contributed by atoms with Crippen molar-refractivity contribution < 1.29 is 51.3 Å². The van der Waals surface area contributed by atoms with Crippen LogP contribution in [-0.4, -0.2) is 83.9 Å². The number of Topliss-reactive ketones (excluding diaryl/α,β-unsaturated/α-hetero) is 1. The normalized spacial score (nSPS) is 14.9. The van der Waals surface area contributed by atoms with E-state index in [2.05, 4.69) is 9.80 Å². The quantitative estimate of drug-likeness (QED) is 0.119. The Morgan fingerprint density at radius 2 is 1.00 bits per heavy atom. The van der Waals surface area contributed by atoms with E-state index in [4.69, 9.17) is 31.8 Å². The molecule has 0 spiro atoms. The molecule has 0 radical (unpaired) electrons. The van der Waals surface area contributed by atoms with Crippen LogP contribution in [-0.2, 0) is 22.7 Å². The number of nitrogens with two attached hydrogens (primary N) is 3. The molecule has 16 heteroatoms. The van der Waals surface area contributed by atoms with Crippen molar-refractivity contribution in [3.8, 4) is 11.5 Å². The van der Waals surface area contributed by atoms with Crippen molar-refractivity contribution in [2.24, 2.45) is 23.1 Å². The van der Waals surface area contributed by atoms with Gasteiger partial charge in [-0.15, -0.1) is 0 Å². The SMILES string of the molecule is NC(=O)c1ccc(OCC(=O)CC2CCN(Cc3ccc(F)c(F)c3)CC2)cc1.NC(=O)c1ccc(OCC(=O)O)cc1.NC1CCN(Cc2ccc(F)c(F)c2)CC1. The van der Waals surface area contributed by atoms with E-state index in [0.29, 0.717) is 54.1 Å². The van der Waals surface area contributed by atoms with Crippen molar-refractivity contribution >= 4 is 23.6 Å². The number of hydrogen-bond donors (Lipinski definition) is 4. The van der Waals surface area contributed by atoms with Gasteiger partial charge in [0.15, 0.2) is 35.7 Å². The third kappa shape index (κ3) is 16.1. The molecule has 2 aliphatic rings. The molecule has 59 heavy (non-hydrogen) atoms. The van der Waals surface area contributed by atoms with Gasteiger partial charge >= 0.3 is 5.97 Å². The second kappa shape index (κ2) is 22.9. The second-order valence-corrected chi connectivity index (χ2v) is 14.3. The summed E-state index contributed by atoms with van der Waals surface area (Å²) in [7, 11) is 0. The van der Waals surface area contributed by atoms with E-state index in [-0.39, 0.29) is 12.4 Å². The van der Waals surface area contributed by atoms with E-state index >= 15 is 0 Å². The maximum Gasteiger partial charge on any atom is 0.341 e. The fourth-order valence-corrected chi connectivity index (χ4v) is 6.37. The zero-order chi connectivity index (χ0) is 42.9. The molecule has 7 N–H and O–H groups in total. The molecule has 0 aromatic heterocycles. The highest BCUT2D eigenvalue weighted by molar-refractivity contribution is 5.93. The van der Waals surface area contributed by atoms with Gasteiger partial charge in [0, 0.05) is 36.7 Å². The maximum absolute atomic E-state index is 13.3. The number of carboxylic acids is 1. The number of benzene rings is 4. The summed E-state index contributed by atoms with van der Waals surface area (Å²) in [5.74, 6) is -4.09. The number of carbonyl (C=O) groups is 4. The summed E-state index contributed by atoms with van der Waals surface area (Å²) in [4.78, 5) is 48.5. The average Bonchev–Trinajstić information content (AvgIpc) is 3.21. The summed E-state index contributed by atoms with van der Waals surface area (Å²) in [6.07, 6.45) is 4.16. The second-order valence-electron chi connectivity index (χ2n) is 14.3. The zero-order valence-corrected chi connectivity index (χ0v) is 32.5. The first kappa shape index (κ1) is 45.9. The molecule has 2 saturated heterocycles. The van der Waals surface area contributed by atoms with Gasteiger partial charge in [0.2, 0.25) is 11.8 Å². The van der Waals surface area contributed by atoms with Gasteiger partial charge < -0.3 is 31.8 Å². The lowest BCUT2D eigenvalue weighted by molar-refractivity contribution is -0.139. The van der Waals surface area contributed by atoms with Gasteiger partial charge in [-0.3, -0.25) is 24.2 Å². The Morgan fingerprint density at radius 3 is 1.39 bits per heavy atom. The highest BCUT2D eigenvalue weighted by atomic mass is 19.2. The number of rotatable bonds is 14. The number of piperidine rings is 2. The van der Waals surface area contributed by atoms with E-state index < -0.39 is 47.7 Å². The smallest absolute Gasteiger partial charge is 0.341 e. The van der Waals surface area contributed by atoms with E-state index in [1.165, 1.54) is 42.5 Å². The van der Waals surface area contributed by atoms with Gasteiger partial charge in [0.1, 0.15) is 18.1 Å². The van der Waals surface area contributed by atoms with Crippen molar-refractivity contribution in [2.75, 3.05) is 39.4 Å². The Bertz CT molecular complexity index is 2000. The minimum Gasteiger partial charge on any atom is -0.486 e. The van der Waals surface area contributed by atoms with Crippen LogP contribution in [0, 0.1) is 29.2 Å². The van der Waals surface area contributed by atoms with Crippen LogP contribution in [0.2, 0.25) is 0 Å². The molecule has 0 bridgehead atoms. The molecule has 6 rings (SSSR count). The van der Waals surface area contributed by atoms with Crippen molar-refractivity contribution in [3.63, 3.8) is 0 Å². The molecule has 316 valence electrons. The van der Waals surface area contributed by atoms with E-state index in [0.717, 1.165) is 69.1 Å². The molecule has 4 aromatic carbocycles. The first-order chi connectivity index (χ1) is 28.1. The molecule has 0 saturated carbocycles. The number of amides is 2. The number of carbonyl (C=O) groups excluding carboxylic acids is 3. The number of nitrogens with zero attached hydrogens (tertiary/aromatic N) is 2. The molecule has 2 aliphatic heterocycles. The van der Waals surface area contributed by atoms with E-state index in [9.17, 15) is 36.7 Å². The summed E-state index contributed by atoms with van der Waals surface area (Å²) < 4.78 is 62.4. The van der Waals surface area contributed by atoms with Gasteiger partial charge in [-0.05, 0) is 142 Å². The van der Waals surface area contributed by atoms with Crippen molar-refractivity contribution in [2.45, 2.75) is 51.2 Å². The Labute approximate surface area is 339 Å². The van der Waals surface area contributed by atoms with Crippen LogP contribution in [0.25, 0.3) is 0 Å². The van der Waals surface area contributed by atoms with Crippen LogP contribution < -0.4 is 26.7 Å². The van der Waals surface area contributed by atoms with Crippen molar-refractivity contribution in [1.29, 1.82) is 0 Å². The Hall–Kier alpha value is -5.84. The van der Waals surface area contributed by atoms with Crippen LogP contribution in [0.3, 0.4) is 0 Å². The first-order valence-electron chi connectivity index (χ1n) is 19.0. The number of carboxylic acid groups (broad SMARTS) is 1. The van der Waals surface area contributed by atoms with Crippen LogP contribution in [0.15, 0.2) is 84.9 Å². The Balaban J connectivity index is 0.000000216. The molecule has 12 nitrogen and oxygen atoms in total. The van der Waals surface area contributed by atoms with E-state index in [1.807, 2.05) is 0 Å². The van der Waals surface area contributed by atoms with Gasteiger partial charge in [0.05, 0.1) is 0 Å². The summed E-state index contributed by atoms with van der Waals surface area (Å²) in [6.45, 7) is 4.31. The number of halogens is 4. The number of likely N-dealkylation sites (tertiary alicyclic amines) is 2. The minimum atomic E-state index is -1.05. The van der Waals surface area contributed by atoms with Gasteiger partial charge in [-0.1, -0.05) is 12.1 Å². The Kier molecular flexibility index (Phi) is 17.8. The lowest BCUT2D eigenvalue weighted by Gasteiger charge is -2.31. The summed E-state index contributed by atoms with van der Waals surface area (Å²) in [6, 6.07) is 20.6. The minimum absolute atomic E-state index is 0.00894. The number of ether oxygens (including phenoxy) is 2. The number of hydrogen-bond acceptors (Lipinski definition) is 9. The van der Waals surface area contributed by atoms with Gasteiger partial charge in [-0.25, -0.2) is 22.4 Å². The third-order valence-corrected chi connectivity index (χ3v) is 9.68. The summed E-state index contributed by atoms with van der Waals surface area (Å²) in [5.41, 5.74) is 18.3. The van der Waals surface area contributed by atoms with E-state index in [1.54, 1.807) is 36.4 Å². The van der Waals surface area contributed by atoms with Gasteiger partial charge in [-0.2, -0.15) is 0 Å². The third-order valence-electron chi connectivity index (χ3n) is 9.68. The average molecular weight is 824 g/mol. The largest absolute Gasteiger partial charge is 0.486 e. The fourth-order valence-electron chi connectivity index (χ4n) is 6.37. The summed E-state index contributed by atoms with van der Waals surface area (Å²) in [5, 5.41) is 8.32. The van der Waals surface area contributed by atoms with Crippen molar-refractivity contribution in [1.82, 2.24) is 9.80 Å². The highest BCUT2D eigenvalue weighted by Gasteiger charge is 2.22. The molecule has 2 fully saturated rings. The molecule has 0 aliphatic carbocycles. The molecule has 2 heterocycles. The predicted octanol–water partition coefficient (Wildman–Crippen LogP) is 5.45. The lowest BCUT2D eigenvalue weighted by Crippen LogP contribution is -2.39.